The highest BCUT2D eigenvalue weighted by Gasteiger charge is 2.20. The van der Waals surface area contributed by atoms with E-state index in [2.05, 4.69) is 9.97 Å². The minimum atomic E-state index is 0.310. The van der Waals surface area contributed by atoms with Gasteiger partial charge in [0.15, 0.2) is 0 Å². The second kappa shape index (κ2) is 4.22. The van der Waals surface area contributed by atoms with Crippen LogP contribution in [0.1, 0.15) is 28.5 Å². The Balaban J connectivity index is 2.03. The average molecular weight is 228 g/mol. The van der Waals surface area contributed by atoms with E-state index >= 15 is 0 Å². The van der Waals surface area contributed by atoms with Gasteiger partial charge >= 0.3 is 0 Å². The molecule has 0 saturated carbocycles. The maximum Gasteiger partial charge on any atom is 0.150 e. The third kappa shape index (κ3) is 1.91. The van der Waals surface area contributed by atoms with Crippen molar-refractivity contribution in [1.82, 2.24) is 9.97 Å². The summed E-state index contributed by atoms with van der Waals surface area (Å²) in [6, 6.07) is 5.44. The van der Waals surface area contributed by atoms with Gasteiger partial charge in [-0.25, -0.2) is 9.97 Å². The summed E-state index contributed by atoms with van der Waals surface area (Å²) in [7, 11) is 0. The summed E-state index contributed by atoms with van der Waals surface area (Å²) >= 11 is 0. The number of nitrogens with zero attached hydrogens (tertiary/aromatic N) is 2. The van der Waals surface area contributed by atoms with Crippen LogP contribution in [0.3, 0.4) is 0 Å². The molecule has 0 aliphatic carbocycles. The first-order valence-electron chi connectivity index (χ1n) is 5.66. The molecule has 4 heteroatoms. The molecule has 0 bridgehead atoms. The van der Waals surface area contributed by atoms with Crippen molar-refractivity contribution in [3.05, 3.63) is 35.8 Å². The number of fused-ring (bicyclic) bond motifs is 1. The van der Waals surface area contributed by atoms with Crippen LogP contribution in [0.25, 0.3) is 10.9 Å². The van der Waals surface area contributed by atoms with Gasteiger partial charge < -0.3 is 4.74 Å². The van der Waals surface area contributed by atoms with E-state index in [0.717, 1.165) is 36.0 Å². The molecule has 17 heavy (non-hydrogen) atoms. The zero-order valence-electron chi connectivity index (χ0n) is 9.30. The van der Waals surface area contributed by atoms with E-state index in [1.807, 2.05) is 6.07 Å². The number of ether oxygens (including phenoxy) is 1. The van der Waals surface area contributed by atoms with Gasteiger partial charge in [0.2, 0.25) is 0 Å². The highest BCUT2D eigenvalue weighted by Crippen LogP contribution is 2.23. The van der Waals surface area contributed by atoms with Gasteiger partial charge in [-0.05, 0) is 24.6 Å². The predicted octanol–water partition coefficient (Wildman–Crippen LogP) is 1.95. The standard InChI is InChI=1S/C13H12N2O2/c16-7-9-1-2-12-11(5-9)6-14-13(15-12)10-3-4-17-8-10/h1-2,5-7,10H,3-4,8H2/t10-/m1/s1. The lowest BCUT2D eigenvalue weighted by Crippen LogP contribution is -2.03. The first-order valence-corrected chi connectivity index (χ1v) is 5.66. The third-order valence-corrected chi connectivity index (χ3v) is 3.05. The number of hydrogen-bond acceptors (Lipinski definition) is 4. The van der Waals surface area contributed by atoms with Gasteiger partial charge in [0.25, 0.3) is 0 Å². The first-order chi connectivity index (χ1) is 8.36. The van der Waals surface area contributed by atoms with E-state index < -0.39 is 0 Å². The van der Waals surface area contributed by atoms with Gasteiger partial charge in [0, 0.05) is 29.7 Å². The Morgan fingerprint density at radius 1 is 1.41 bits per heavy atom. The van der Waals surface area contributed by atoms with Gasteiger partial charge in [-0.1, -0.05) is 0 Å². The van der Waals surface area contributed by atoms with E-state index in [1.165, 1.54) is 0 Å². The zero-order valence-corrected chi connectivity index (χ0v) is 9.30. The molecule has 0 N–H and O–H groups in total. The molecule has 4 nitrogen and oxygen atoms in total. The number of aromatic nitrogens is 2. The largest absolute Gasteiger partial charge is 0.381 e. The van der Waals surface area contributed by atoms with E-state index in [1.54, 1.807) is 18.3 Å². The fraction of sp³-hybridized carbons (Fsp3) is 0.308. The molecule has 3 rings (SSSR count). The minimum absolute atomic E-state index is 0.310. The molecule has 1 aromatic carbocycles. The molecule has 1 saturated heterocycles. The van der Waals surface area contributed by atoms with Gasteiger partial charge in [-0.2, -0.15) is 0 Å². The van der Waals surface area contributed by atoms with Gasteiger partial charge in [-0.15, -0.1) is 0 Å². The Hall–Kier alpha value is -1.81. The minimum Gasteiger partial charge on any atom is -0.381 e. The quantitative estimate of drug-likeness (QED) is 0.737. The van der Waals surface area contributed by atoms with Crippen LogP contribution in [0.15, 0.2) is 24.4 Å². The van der Waals surface area contributed by atoms with Crippen LogP contribution >= 0.6 is 0 Å². The molecule has 0 radical (unpaired) electrons. The summed E-state index contributed by atoms with van der Waals surface area (Å²) in [6.07, 6.45) is 3.60. The summed E-state index contributed by atoms with van der Waals surface area (Å²) in [5.74, 6) is 1.15. The Morgan fingerprint density at radius 2 is 2.35 bits per heavy atom. The molecule has 1 aliphatic rings. The number of carbonyl (C=O) groups is 1. The lowest BCUT2D eigenvalue weighted by atomic mass is 10.1. The number of benzene rings is 1. The molecule has 0 amide bonds. The molecule has 86 valence electrons. The normalized spacial score (nSPS) is 19.6. The molecule has 1 aromatic heterocycles. The summed E-state index contributed by atoms with van der Waals surface area (Å²) < 4.78 is 5.33. The molecule has 1 aliphatic heterocycles. The van der Waals surface area contributed by atoms with Crippen LogP contribution in [0.5, 0.6) is 0 Å². The average Bonchev–Trinajstić information content (AvgIpc) is 2.91. The van der Waals surface area contributed by atoms with Crippen molar-refractivity contribution in [2.75, 3.05) is 13.2 Å². The smallest absolute Gasteiger partial charge is 0.150 e. The Kier molecular flexibility index (Phi) is 2.57. The molecular formula is C13H12N2O2. The van der Waals surface area contributed by atoms with Crippen molar-refractivity contribution in [3.8, 4) is 0 Å². The zero-order chi connectivity index (χ0) is 11.7. The molecule has 0 unspecified atom stereocenters. The molecule has 1 fully saturated rings. The van der Waals surface area contributed by atoms with Crippen LogP contribution in [0.4, 0.5) is 0 Å². The van der Waals surface area contributed by atoms with Crippen LogP contribution in [-0.2, 0) is 4.74 Å². The highest BCUT2D eigenvalue weighted by atomic mass is 16.5. The van der Waals surface area contributed by atoms with Crippen LogP contribution in [-0.4, -0.2) is 29.5 Å². The van der Waals surface area contributed by atoms with Crippen molar-refractivity contribution in [2.24, 2.45) is 0 Å². The first kappa shape index (κ1) is 10.4. The Labute approximate surface area is 98.6 Å². The maximum atomic E-state index is 10.7. The van der Waals surface area contributed by atoms with E-state index in [9.17, 15) is 4.79 Å². The van der Waals surface area contributed by atoms with Crippen molar-refractivity contribution in [3.63, 3.8) is 0 Å². The SMILES string of the molecule is O=Cc1ccc2nc([C@@H]3CCOC3)ncc2c1. The molecule has 0 spiro atoms. The monoisotopic (exact) mass is 228 g/mol. The lowest BCUT2D eigenvalue weighted by molar-refractivity contribution is 0.112. The fourth-order valence-corrected chi connectivity index (χ4v) is 2.07. The number of rotatable bonds is 2. The molecular weight excluding hydrogens is 216 g/mol. The maximum absolute atomic E-state index is 10.7. The van der Waals surface area contributed by atoms with Gasteiger partial charge in [-0.3, -0.25) is 4.79 Å². The van der Waals surface area contributed by atoms with E-state index in [-0.39, 0.29) is 0 Å². The lowest BCUT2D eigenvalue weighted by Gasteiger charge is -2.06. The highest BCUT2D eigenvalue weighted by molar-refractivity contribution is 5.86. The summed E-state index contributed by atoms with van der Waals surface area (Å²) in [5.41, 5.74) is 1.53. The Bertz CT molecular complexity index is 562. The third-order valence-electron chi connectivity index (χ3n) is 3.05. The van der Waals surface area contributed by atoms with E-state index in [4.69, 9.17) is 4.74 Å². The second-order valence-corrected chi connectivity index (χ2v) is 4.22. The van der Waals surface area contributed by atoms with Crippen molar-refractivity contribution in [1.29, 1.82) is 0 Å². The van der Waals surface area contributed by atoms with Crippen molar-refractivity contribution >= 4 is 17.2 Å². The number of carbonyl (C=O) groups excluding carboxylic acids is 1. The molecule has 1 atom stereocenters. The van der Waals surface area contributed by atoms with Crippen LogP contribution < -0.4 is 0 Å². The van der Waals surface area contributed by atoms with Crippen molar-refractivity contribution < 1.29 is 9.53 Å². The topological polar surface area (TPSA) is 52.1 Å². The summed E-state index contributed by atoms with van der Waals surface area (Å²) in [4.78, 5) is 19.6. The molecule has 2 aromatic rings. The van der Waals surface area contributed by atoms with Crippen LogP contribution in [0.2, 0.25) is 0 Å². The fourth-order valence-electron chi connectivity index (χ4n) is 2.07. The van der Waals surface area contributed by atoms with Crippen LogP contribution in [0, 0.1) is 0 Å². The number of aldehydes is 1. The summed E-state index contributed by atoms with van der Waals surface area (Å²) in [5, 5.41) is 0.900. The second-order valence-electron chi connectivity index (χ2n) is 4.22. The van der Waals surface area contributed by atoms with Gasteiger partial charge in [0.05, 0.1) is 12.1 Å². The van der Waals surface area contributed by atoms with E-state index in [0.29, 0.717) is 18.1 Å². The van der Waals surface area contributed by atoms with Gasteiger partial charge in [0.1, 0.15) is 12.1 Å². The predicted molar refractivity (Wildman–Crippen MR) is 63.1 cm³/mol. The number of hydrogen-bond donors (Lipinski definition) is 0. The molecule has 2 heterocycles. The Morgan fingerprint density at radius 3 is 3.12 bits per heavy atom. The summed E-state index contributed by atoms with van der Waals surface area (Å²) in [6.45, 7) is 1.49. The van der Waals surface area contributed by atoms with Crippen molar-refractivity contribution in [2.45, 2.75) is 12.3 Å².